The molecule has 0 spiro atoms. The van der Waals surface area contributed by atoms with Gasteiger partial charge < -0.3 is 9.72 Å². The van der Waals surface area contributed by atoms with Gasteiger partial charge in [-0.05, 0) is 42.8 Å². The van der Waals surface area contributed by atoms with E-state index in [1.165, 1.54) is 12.1 Å². The average Bonchev–Trinajstić information content (AvgIpc) is 3.01. The Bertz CT molecular complexity index is 1220. The van der Waals surface area contributed by atoms with E-state index in [-0.39, 0.29) is 17.0 Å². The number of hydrogen-bond donors (Lipinski definition) is 1. The second-order valence-corrected chi connectivity index (χ2v) is 7.05. The van der Waals surface area contributed by atoms with Gasteiger partial charge in [-0.2, -0.15) is 0 Å². The van der Waals surface area contributed by atoms with Crippen molar-refractivity contribution in [3.63, 3.8) is 0 Å². The summed E-state index contributed by atoms with van der Waals surface area (Å²) in [5.74, 6) is 0.392. The lowest BCUT2D eigenvalue weighted by molar-refractivity contribution is -0.385. The molecule has 142 valence electrons. The van der Waals surface area contributed by atoms with Gasteiger partial charge in [0, 0.05) is 23.3 Å². The van der Waals surface area contributed by atoms with Crippen LogP contribution in [0.5, 0.6) is 5.75 Å². The molecule has 0 radical (unpaired) electrons. The highest BCUT2D eigenvalue weighted by Crippen LogP contribution is 2.19. The second kappa shape index (κ2) is 8.01. The summed E-state index contributed by atoms with van der Waals surface area (Å²) in [5.41, 5.74) is 1.18. The minimum atomic E-state index is -0.460. The third kappa shape index (κ3) is 4.24. The zero-order valence-electron chi connectivity index (χ0n) is 15.1. The fourth-order valence-corrected chi connectivity index (χ4v) is 3.43. The van der Waals surface area contributed by atoms with E-state index in [0.29, 0.717) is 31.6 Å². The van der Waals surface area contributed by atoms with Crippen LogP contribution in [0.25, 0.3) is 12.2 Å². The van der Waals surface area contributed by atoms with Crippen LogP contribution in [-0.2, 0) is 0 Å². The van der Waals surface area contributed by atoms with Crippen molar-refractivity contribution >= 4 is 35.0 Å². The smallest absolute Gasteiger partial charge is 0.272 e. The quantitative estimate of drug-likeness (QED) is 0.404. The topological polar surface area (TPSA) is 102 Å². The van der Waals surface area contributed by atoms with Crippen LogP contribution in [0.3, 0.4) is 0 Å². The number of hydrogen-bond acceptors (Lipinski definition) is 6. The lowest BCUT2D eigenvalue weighted by Gasteiger charge is -1.99. The minimum Gasteiger partial charge on any atom is -0.497 e. The van der Waals surface area contributed by atoms with Gasteiger partial charge in [-0.1, -0.05) is 12.1 Å². The number of rotatable bonds is 5. The lowest BCUT2D eigenvalue weighted by Crippen LogP contribution is -2.20. The van der Waals surface area contributed by atoms with Gasteiger partial charge in [-0.15, -0.1) is 11.3 Å². The molecular formula is C20H16N2O5S. The van der Waals surface area contributed by atoms with E-state index in [1.54, 1.807) is 56.5 Å². The highest BCUT2D eigenvalue weighted by Gasteiger charge is 2.10. The Hall–Kier alpha value is -3.52. The minimum absolute atomic E-state index is 0.0109. The van der Waals surface area contributed by atoms with Gasteiger partial charge in [-0.3, -0.25) is 19.7 Å². The van der Waals surface area contributed by atoms with Crippen LogP contribution in [0.2, 0.25) is 0 Å². The van der Waals surface area contributed by atoms with Gasteiger partial charge >= 0.3 is 0 Å². The van der Waals surface area contributed by atoms with Crippen LogP contribution in [0, 0.1) is 17.0 Å². The van der Waals surface area contributed by atoms with E-state index < -0.39 is 4.92 Å². The van der Waals surface area contributed by atoms with Crippen LogP contribution >= 0.6 is 11.3 Å². The molecule has 3 aromatic rings. The van der Waals surface area contributed by atoms with Crippen molar-refractivity contribution in [1.29, 1.82) is 0 Å². The number of nitrogens with zero attached hydrogens (tertiary/aromatic N) is 1. The zero-order chi connectivity index (χ0) is 20.3. The van der Waals surface area contributed by atoms with Crippen LogP contribution in [0.4, 0.5) is 5.69 Å². The number of carbonyl (C=O) groups excluding carboxylic acids is 1. The van der Waals surface area contributed by atoms with Gasteiger partial charge in [0.15, 0.2) is 5.78 Å². The van der Waals surface area contributed by atoms with Gasteiger partial charge in [0.1, 0.15) is 5.75 Å². The van der Waals surface area contributed by atoms with Crippen molar-refractivity contribution in [3.8, 4) is 5.75 Å². The summed E-state index contributed by atoms with van der Waals surface area (Å²) in [4.78, 5) is 37.8. The first-order valence-corrected chi connectivity index (χ1v) is 9.05. The number of ketones is 1. The number of ether oxygens (including phenoxy) is 1. The standard InChI is InChI=1S/C20H16N2O5S/c1-12-3-4-13(9-16(12)22(25)26)10-18-20(24)21-19(28-18)11-17(23)14-5-7-15(27-2)8-6-14/h3-11H,1-2H3,(H,21,24)/b18-10-,19-11-. The molecule has 0 fully saturated rings. The number of benzene rings is 2. The molecule has 0 saturated carbocycles. The summed E-state index contributed by atoms with van der Waals surface area (Å²) >= 11 is 1.11. The van der Waals surface area contributed by atoms with E-state index >= 15 is 0 Å². The van der Waals surface area contributed by atoms with Crippen LogP contribution in [0.15, 0.2) is 47.3 Å². The Morgan fingerprint density at radius 1 is 1.21 bits per heavy atom. The third-order valence-corrected chi connectivity index (χ3v) is 5.01. The number of H-pyrrole nitrogens is 1. The molecule has 0 aliphatic rings. The van der Waals surface area contributed by atoms with Crippen molar-refractivity contribution in [3.05, 3.63) is 88.8 Å². The fourth-order valence-electron chi connectivity index (χ4n) is 2.55. The summed E-state index contributed by atoms with van der Waals surface area (Å²) in [6.45, 7) is 1.65. The van der Waals surface area contributed by atoms with Crippen molar-refractivity contribution in [2.75, 3.05) is 7.11 Å². The number of carbonyl (C=O) groups is 1. The van der Waals surface area contributed by atoms with Crippen molar-refractivity contribution in [2.45, 2.75) is 6.92 Å². The molecule has 3 rings (SSSR count). The summed E-state index contributed by atoms with van der Waals surface area (Å²) in [6, 6.07) is 11.4. The number of nitro groups is 1. The lowest BCUT2D eigenvalue weighted by atomic mass is 10.1. The number of nitrogens with one attached hydrogen (secondary N) is 1. The van der Waals surface area contributed by atoms with Crippen molar-refractivity contribution in [1.82, 2.24) is 4.98 Å². The monoisotopic (exact) mass is 396 g/mol. The number of thiazole rings is 1. The predicted molar refractivity (Wildman–Crippen MR) is 107 cm³/mol. The van der Waals surface area contributed by atoms with Crippen molar-refractivity contribution < 1.29 is 14.5 Å². The fraction of sp³-hybridized carbons (Fsp3) is 0.100. The highest BCUT2D eigenvalue weighted by molar-refractivity contribution is 7.07. The Kier molecular flexibility index (Phi) is 5.51. The normalized spacial score (nSPS) is 12.2. The molecule has 1 heterocycles. The van der Waals surface area contributed by atoms with Crippen LogP contribution in [-0.4, -0.2) is 22.8 Å². The number of Topliss-reactive ketones (excluding diaryl/α,β-unsaturated/α-hetero) is 1. The number of nitro benzene ring substituents is 1. The average molecular weight is 396 g/mol. The Morgan fingerprint density at radius 2 is 1.93 bits per heavy atom. The first-order chi connectivity index (χ1) is 13.4. The molecule has 1 aromatic heterocycles. The molecule has 28 heavy (non-hydrogen) atoms. The largest absolute Gasteiger partial charge is 0.497 e. The highest BCUT2D eigenvalue weighted by atomic mass is 32.1. The Labute approximate surface area is 163 Å². The Morgan fingerprint density at radius 3 is 2.57 bits per heavy atom. The van der Waals surface area contributed by atoms with Gasteiger partial charge in [0.25, 0.3) is 11.2 Å². The summed E-state index contributed by atoms with van der Waals surface area (Å²) < 4.78 is 5.82. The number of methoxy groups -OCH3 is 1. The Balaban J connectivity index is 1.96. The summed E-state index contributed by atoms with van der Waals surface area (Å²) in [6.07, 6.45) is 2.91. The van der Waals surface area contributed by atoms with Gasteiger partial charge in [0.05, 0.1) is 21.2 Å². The van der Waals surface area contributed by atoms with Crippen LogP contribution < -0.4 is 19.5 Å². The first-order valence-electron chi connectivity index (χ1n) is 8.23. The van der Waals surface area contributed by atoms with Gasteiger partial charge in [-0.25, -0.2) is 0 Å². The van der Waals surface area contributed by atoms with E-state index in [0.717, 1.165) is 11.3 Å². The number of aromatic amines is 1. The summed E-state index contributed by atoms with van der Waals surface area (Å²) in [5, 5.41) is 11.1. The molecule has 1 N–H and O–H groups in total. The molecule has 7 nitrogen and oxygen atoms in total. The predicted octanol–water partition coefficient (Wildman–Crippen LogP) is 2.15. The molecule has 0 unspecified atom stereocenters. The maximum Gasteiger partial charge on any atom is 0.272 e. The molecule has 0 bridgehead atoms. The van der Waals surface area contributed by atoms with E-state index in [2.05, 4.69) is 4.98 Å². The maximum absolute atomic E-state index is 12.4. The zero-order valence-corrected chi connectivity index (χ0v) is 15.9. The molecule has 0 aliphatic heterocycles. The SMILES string of the molecule is COc1ccc(C(=O)/C=c2/[nH]c(=O)/c(=C/c3ccc(C)c([N+](=O)[O-])c3)s2)cc1. The number of aromatic nitrogens is 1. The van der Waals surface area contributed by atoms with Crippen LogP contribution in [0.1, 0.15) is 21.5 Å². The molecule has 0 aliphatic carbocycles. The van der Waals surface area contributed by atoms with Gasteiger partial charge in [0.2, 0.25) is 0 Å². The molecule has 0 amide bonds. The maximum atomic E-state index is 12.4. The molecule has 8 heteroatoms. The second-order valence-electron chi connectivity index (χ2n) is 5.97. The molecular weight excluding hydrogens is 380 g/mol. The summed E-state index contributed by atoms with van der Waals surface area (Å²) in [7, 11) is 1.54. The first kappa shape index (κ1) is 19.2. The van der Waals surface area contributed by atoms with E-state index in [4.69, 9.17) is 4.74 Å². The number of aryl methyl sites for hydroxylation is 1. The van der Waals surface area contributed by atoms with E-state index in [1.807, 2.05) is 0 Å². The molecule has 0 atom stereocenters. The van der Waals surface area contributed by atoms with Crippen molar-refractivity contribution in [2.24, 2.45) is 0 Å². The van der Waals surface area contributed by atoms with E-state index in [9.17, 15) is 19.7 Å². The molecule has 0 saturated heterocycles. The third-order valence-electron chi connectivity index (χ3n) is 4.04. The molecule has 2 aromatic carbocycles.